The summed E-state index contributed by atoms with van der Waals surface area (Å²) in [7, 11) is -2.32. The van der Waals surface area contributed by atoms with Crippen molar-refractivity contribution in [3.05, 3.63) is 54.6 Å². The second-order valence-electron chi connectivity index (χ2n) is 6.97. The number of nitrogens with one attached hydrogen (secondary N) is 1. The van der Waals surface area contributed by atoms with Gasteiger partial charge in [-0.2, -0.15) is 0 Å². The minimum atomic E-state index is -3.79. The summed E-state index contributed by atoms with van der Waals surface area (Å²) >= 11 is 0. The molecule has 3 rings (SSSR count). The Labute approximate surface area is 170 Å². The predicted octanol–water partition coefficient (Wildman–Crippen LogP) is 3.18. The van der Waals surface area contributed by atoms with E-state index in [4.69, 9.17) is 4.74 Å². The SMILES string of the molecule is CN(c1ccccc1)S(=O)(=O)c1cccc(NC(=O)COC(=O)C2CCCC2)c1. The molecule has 29 heavy (non-hydrogen) atoms. The standard InChI is InChI=1S/C21H24N2O5S/c1-23(18-11-3-2-4-12-18)29(26,27)19-13-7-10-17(14-19)22-20(24)15-28-21(25)16-8-5-6-9-16/h2-4,7,10-14,16H,5-6,8-9,15H2,1H3,(H,22,24). The topological polar surface area (TPSA) is 92.8 Å². The maximum atomic E-state index is 12.9. The van der Waals surface area contributed by atoms with E-state index < -0.39 is 22.5 Å². The van der Waals surface area contributed by atoms with Gasteiger partial charge in [0.2, 0.25) is 0 Å². The molecule has 154 valence electrons. The van der Waals surface area contributed by atoms with Crippen molar-refractivity contribution in [2.75, 3.05) is 23.3 Å². The van der Waals surface area contributed by atoms with Crippen LogP contribution in [0.15, 0.2) is 59.5 Å². The Kier molecular flexibility index (Phi) is 6.53. The van der Waals surface area contributed by atoms with Gasteiger partial charge in [0, 0.05) is 12.7 Å². The molecule has 0 atom stereocenters. The van der Waals surface area contributed by atoms with Gasteiger partial charge in [-0.15, -0.1) is 0 Å². The number of carbonyl (C=O) groups is 2. The Morgan fingerprint density at radius 1 is 1.07 bits per heavy atom. The molecule has 0 aromatic heterocycles. The molecule has 0 radical (unpaired) electrons. The van der Waals surface area contributed by atoms with Crippen LogP contribution in [0.1, 0.15) is 25.7 Å². The Morgan fingerprint density at radius 2 is 1.76 bits per heavy atom. The number of esters is 1. The molecule has 7 nitrogen and oxygen atoms in total. The third-order valence-electron chi connectivity index (χ3n) is 4.93. The number of anilines is 2. The first-order valence-corrected chi connectivity index (χ1v) is 10.9. The van der Waals surface area contributed by atoms with Gasteiger partial charge < -0.3 is 10.1 Å². The number of amides is 1. The van der Waals surface area contributed by atoms with Crippen LogP contribution in [-0.2, 0) is 24.3 Å². The maximum Gasteiger partial charge on any atom is 0.309 e. The summed E-state index contributed by atoms with van der Waals surface area (Å²) in [6.07, 6.45) is 3.61. The average Bonchev–Trinajstić information content (AvgIpc) is 3.27. The third kappa shape index (κ3) is 5.14. The zero-order chi connectivity index (χ0) is 20.9. The van der Waals surface area contributed by atoms with Crippen molar-refractivity contribution in [1.82, 2.24) is 0 Å². The van der Waals surface area contributed by atoms with Crippen LogP contribution in [0, 0.1) is 5.92 Å². The van der Waals surface area contributed by atoms with Gasteiger partial charge in [-0.1, -0.05) is 37.1 Å². The van der Waals surface area contributed by atoms with Crippen molar-refractivity contribution >= 4 is 33.3 Å². The quantitative estimate of drug-likeness (QED) is 0.700. The van der Waals surface area contributed by atoms with E-state index in [1.807, 2.05) is 0 Å². The highest BCUT2D eigenvalue weighted by Crippen LogP contribution is 2.26. The van der Waals surface area contributed by atoms with Crippen molar-refractivity contribution in [3.8, 4) is 0 Å². The number of benzene rings is 2. The lowest BCUT2D eigenvalue weighted by molar-refractivity contribution is -0.151. The molecular weight excluding hydrogens is 392 g/mol. The largest absolute Gasteiger partial charge is 0.455 e. The van der Waals surface area contributed by atoms with Crippen LogP contribution < -0.4 is 9.62 Å². The second kappa shape index (κ2) is 9.09. The van der Waals surface area contributed by atoms with Gasteiger partial charge in [0.05, 0.1) is 16.5 Å². The molecule has 1 N–H and O–H groups in total. The van der Waals surface area contributed by atoms with Crippen LogP contribution in [-0.4, -0.2) is 33.9 Å². The molecule has 0 unspecified atom stereocenters. The van der Waals surface area contributed by atoms with E-state index in [1.165, 1.54) is 23.5 Å². The highest BCUT2D eigenvalue weighted by Gasteiger charge is 2.25. The maximum absolute atomic E-state index is 12.9. The van der Waals surface area contributed by atoms with Crippen molar-refractivity contribution in [1.29, 1.82) is 0 Å². The number of carbonyl (C=O) groups excluding carboxylic acids is 2. The summed E-state index contributed by atoms with van der Waals surface area (Å²) in [5.41, 5.74) is 0.843. The van der Waals surface area contributed by atoms with Gasteiger partial charge in [-0.05, 0) is 43.2 Å². The number of nitrogens with zero attached hydrogens (tertiary/aromatic N) is 1. The lowest BCUT2D eigenvalue weighted by Gasteiger charge is -2.20. The van der Waals surface area contributed by atoms with Crippen LogP contribution in [0.3, 0.4) is 0 Å². The summed E-state index contributed by atoms with van der Waals surface area (Å²) in [6.45, 7) is -0.393. The molecule has 8 heteroatoms. The van der Waals surface area contributed by atoms with Crippen LogP contribution in [0.5, 0.6) is 0 Å². The average molecular weight is 416 g/mol. The first-order chi connectivity index (χ1) is 13.9. The van der Waals surface area contributed by atoms with Gasteiger partial charge in [0.15, 0.2) is 6.61 Å². The molecule has 0 aliphatic heterocycles. The number of hydrogen-bond acceptors (Lipinski definition) is 5. The molecule has 0 bridgehead atoms. The fraction of sp³-hybridized carbons (Fsp3) is 0.333. The van der Waals surface area contributed by atoms with Crippen LogP contribution in [0.4, 0.5) is 11.4 Å². The van der Waals surface area contributed by atoms with E-state index in [2.05, 4.69) is 5.32 Å². The fourth-order valence-corrected chi connectivity index (χ4v) is 4.52. The monoisotopic (exact) mass is 416 g/mol. The lowest BCUT2D eigenvalue weighted by Crippen LogP contribution is -2.27. The molecule has 1 aliphatic carbocycles. The molecule has 1 aliphatic rings. The van der Waals surface area contributed by atoms with Gasteiger partial charge in [0.1, 0.15) is 0 Å². The first-order valence-electron chi connectivity index (χ1n) is 9.48. The number of para-hydroxylation sites is 1. The van der Waals surface area contributed by atoms with E-state index in [-0.39, 0.29) is 16.8 Å². The predicted molar refractivity (Wildman–Crippen MR) is 110 cm³/mol. The van der Waals surface area contributed by atoms with Crippen LogP contribution in [0.25, 0.3) is 0 Å². The van der Waals surface area contributed by atoms with E-state index >= 15 is 0 Å². The lowest BCUT2D eigenvalue weighted by atomic mass is 10.1. The summed E-state index contributed by atoms with van der Waals surface area (Å²) in [5.74, 6) is -0.981. The molecular formula is C21H24N2O5S. The number of sulfonamides is 1. The third-order valence-corrected chi connectivity index (χ3v) is 6.71. The molecule has 2 aromatic rings. The number of rotatable bonds is 7. The first kappa shape index (κ1) is 20.9. The number of hydrogen-bond donors (Lipinski definition) is 1. The van der Waals surface area contributed by atoms with Gasteiger partial charge in [-0.3, -0.25) is 13.9 Å². The molecule has 0 spiro atoms. The van der Waals surface area contributed by atoms with Crippen molar-refractivity contribution in [2.45, 2.75) is 30.6 Å². The Hall–Kier alpha value is -2.87. The minimum Gasteiger partial charge on any atom is -0.455 e. The molecule has 0 saturated heterocycles. The Bertz CT molecular complexity index is 970. The smallest absolute Gasteiger partial charge is 0.309 e. The molecule has 1 amide bonds. The second-order valence-corrected chi connectivity index (χ2v) is 8.94. The summed E-state index contributed by atoms with van der Waals surface area (Å²) < 4.78 is 32.0. The summed E-state index contributed by atoms with van der Waals surface area (Å²) in [5, 5.41) is 2.58. The van der Waals surface area contributed by atoms with Gasteiger partial charge in [-0.25, -0.2) is 8.42 Å². The van der Waals surface area contributed by atoms with Crippen LogP contribution in [0.2, 0.25) is 0 Å². The molecule has 1 saturated carbocycles. The summed E-state index contributed by atoms with van der Waals surface area (Å²) in [6, 6.07) is 14.7. The Morgan fingerprint density at radius 3 is 2.45 bits per heavy atom. The normalized spacial score (nSPS) is 14.4. The number of ether oxygens (including phenoxy) is 1. The Balaban J connectivity index is 1.64. The zero-order valence-corrected chi connectivity index (χ0v) is 17.0. The van der Waals surface area contributed by atoms with E-state index in [0.29, 0.717) is 11.4 Å². The highest BCUT2D eigenvalue weighted by atomic mass is 32.2. The van der Waals surface area contributed by atoms with E-state index in [9.17, 15) is 18.0 Å². The molecule has 1 fully saturated rings. The van der Waals surface area contributed by atoms with Crippen LogP contribution >= 0.6 is 0 Å². The van der Waals surface area contributed by atoms with Crippen molar-refractivity contribution in [2.24, 2.45) is 5.92 Å². The zero-order valence-electron chi connectivity index (χ0n) is 16.2. The molecule has 0 heterocycles. The van der Waals surface area contributed by atoms with Crippen molar-refractivity contribution < 1.29 is 22.7 Å². The fourth-order valence-electron chi connectivity index (χ4n) is 3.28. The summed E-state index contributed by atoms with van der Waals surface area (Å²) in [4.78, 5) is 24.1. The minimum absolute atomic E-state index is 0.0459. The molecule has 2 aromatic carbocycles. The van der Waals surface area contributed by atoms with Crippen molar-refractivity contribution in [3.63, 3.8) is 0 Å². The highest BCUT2D eigenvalue weighted by molar-refractivity contribution is 7.92. The van der Waals surface area contributed by atoms with Gasteiger partial charge >= 0.3 is 5.97 Å². The van der Waals surface area contributed by atoms with E-state index in [0.717, 1.165) is 25.7 Å². The van der Waals surface area contributed by atoms with E-state index in [1.54, 1.807) is 42.5 Å². The van der Waals surface area contributed by atoms with Gasteiger partial charge in [0.25, 0.3) is 15.9 Å².